The number of ether oxygens (including phenoxy) is 2. The molecule has 0 radical (unpaired) electrons. The van der Waals surface area contributed by atoms with Gasteiger partial charge in [-0.1, -0.05) is 6.07 Å². The molecular weight excluding hydrogens is 349 g/mol. The van der Waals surface area contributed by atoms with E-state index < -0.39 is 24.5 Å². The minimum Gasteiger partial charge on any atom is -0.487 e. The molecule has 136 valence electrons. The highest BCUT2D eigenvalue weighted by molar-refractivity contribution is 5.86. The van der Waals surface area contributed by atoms with E-state index in [1.165, 1.54) is 35.1 Å². The topological polar surface area (TPSA) is 114 Å². The molecule has 2 rings (SSSR count). The third-order valence-electron chi connectivity index (χ3n) is 2.94. The van der Waals surface area contributed by atoms with Crippen molar-refractivity contribution in [3.63, 3.8) is 0 Å². The van der Waals surface area contributed by atoms with Gasteiger partial charge in [0.05, 0.1) is 11.8 Å². The zero-order valence-electron chi connectivity index (χ0n) is 12.5. The van der Waals surface area contributed by atoms with E-state index in [9.17, 15) is 18.0 Å². The van der Waals surface area contributed by atoms with Crippen molar-refractivity contribution in [2.24, 2.45) is 0 Å². The number of aromatic carboxylic acids is 1. The molecule has 0 amide bonds. The number of hydrogen-bond acceptors (Lipinski definition) is 6. The van der Waals surface area contributed by atoms with Crippen LogP contribution in [0.25, 0.3) is 0 Å². The first kappa shape index (κ1) is 18.5. The Kier molecular flexibility index (Phi) is 5.18. The van der Waals surface area contributed by atoms with E-state index in [2.05, 4.69) is 5.10 Å². The first-order chi connectivity index (χ1) is 11.6. The summed E-state index contributed by atoms with van der Waals surface area (Å²) in [6, 6.07) is 5.42. The molecule has 0 bridgehead atoms. The van der Waals surface area contributed by atoms with Crippen molar-refractivity contribution >= 4 is 5.97 Å². The van der Waals surface area contributed by atoms with Gasteiger partial charge in [-0.05, 0) is 12.1 Å². The lowest BCUT2D eigenvalue weighted by atomic mass is 10.3. The fraction of sp³-hybridized carbons (Fsp3) is 0.286. The minimum atomic E-state index is -5.26. The summed E-state index contributed by atoms with van der Waals surface area (Å²) in [6.45, 7) is -1.57. The lowest BCUT2D eigenvalue weighted by Crippen LogP contribution is -2.49. The van der Waals surface area contributed by atoms with Crippen LogP contribution in [0, 0.1) is 0 Å². The van der Waals surface area contributed by atoms with E-state index in [1.54, 1.807) is 0 Å². The Balaban J connectivity index is 1.95. The van der Waals surface area contributed by atoms with Crippen molar-refractivity contribution in [1.29, 1.82) is 0 Å². The second-order valence-corrected chi connectivity index (χ2v) is 4.92. The summed E-state index contributed by atoms with van der Waals surface area (Å²) < 4.78 is 48.2. The average molecular weight is 362 g/mol. The van der Waals surface area contributed by atoms with E-state index in [1.807, 2.05) is 0 Å². The van der Waals surface area contributed by atoms with Gasteiger partial charge >= 0.3 is 12.1 Å². The van der Waals surface area contributed by atoms with Crippen LogP contribution >= 0.6 is 0 Å². The smallest absolute Gasteiger partial charge is 0.446 e. The van der Waals surface area contributed by atoms with Gasteiger partial charge in [0.15, 0.2) is 13.3 Å². The monoisotopic (exact) mass is 362 g/mol. The molecule has 0 atom stereocenters. The summed E-state index contributed by atoms with van der Waals surface area (Å²) in [5.41, 5.74) is -0.0323. The van der Waals surface area contributed by atoms with Crippen molar-refractivity contribution in [3.8, 4) is 11.5 Å². The number of alkyl halides is 3. The molecule has 8 nitrogen and oxygen atoms in total. The number of aliphatic hydroxyl groups is 2. The number of aromatic nitrogens is 2. The molecule has 0 saturated heterocycles. The summed E-state index contributed by atoms with van der Waals surface area (Å²) in [5.74, 6) is -5.02. The van der Waals surface area contributed by atoms with Gasteiger partial charge in [0.25, 0.3) is 5.79 Å². The Morgan fingerprint density at radius 2 is 1.84 bits per heavy atom. The van der Waals surface area contributed by atoms with Crippen LogP contribution < -0.4 is 9.47 Å². The van der Waals surface area contributed by atoms with Crippen LogP contribution in [0.2, 0.25) is 0 Å². The van der Waals surface area contributed by atoms with Crippen LogP contribution in [-0.4, -0.2) is 49.6 Å². The van der Waals surface area contributed by atoms with Crippen molar-refractivity contribution in [1.82, 2.24) is 9.78 Å². The number of nitrogens with zero attached hydrogens (tertiary/aromatic N) is 2. The highest BCUT2D eigenvalue weighted by atomic mass is 19.4. The van der Waals surface area contributed by atoms with Crippen molar-refractivity contribution in [2.45, 2.75) is 18.7 Å². The number of carbonyl (C=O) groups is 1. The Morgan fingerprint density at radius 1 is 1.20 bits per heavy atom. The molecular formula is C14H13F3N2O6. The third kappa shape index (κ3) is 4.84. The van der Waals surface area contributed by atoms with E-state index in [-0.39, 0.29) is 23.8 Å². The van der Waals surface area contributed by atoms with Gasteiger partial charge in [-0.3, -0.25) is 0 Å². The third-order valence-corrected chi connectivity index (χ3v) is 2.94. The fourth-order valence-corrected chi connectivity index (χ4v) is 1.60. The van der Waals surface area contributed by atoms with Gasteiger partial charge in [0.2, 0.25) is 0 Å². The standard InChI is InChI=1S/C14H13F3N2O6/c15-14(16,17)13(22,23)7-24-10-2-1-3-11(4-10)25-8-19-6-9(5-18-19)12(20)21/h1-6,22-23H,7-8H2,(H,20,21). The largest absolute Gasteiger partial charge is 0.487 e. The first-order valence-corrected chi connectivity index (χ1v) is 6.71. The summed E-state index contributed by atoms with van der Waals surface area (Å²) in [6.07, 6.45) is -2.90. The normalized spacial score (nSPS) is 12.0. The van der Waals surface area contributed by atoms with Gasteiger partial charge < -0.3 is 24.8 Å². The summed E-state index contributed by atoms with van der Waals surface area (Å²) in [5, 5.41) is 30.3. The lowest BCUT2D eigenvalue weighted by molar-refractivity contribution is -0.355. The number of benzene rings is 1. The number of rotatable bonds is 7. The highest BCUT2D eigenvalue weighted by Gasteiger charge is 2.53. The van der Waals surface area contributed by atoms with Gasteiger partial charge in [-0.15, -0.1) is 0 Å². The highest BCUT2D eigenvalue weighted by Crippen LogP contribution is 2.29. The number of carboxylic acid groups (broad SMARTS) is 1. The van der Waals surface area contributed by atoms with Crippen molar-refractivity contribution < 1.29 is 42.8 Å². The Bertz CT molecular complexity index is 744. The SMILES string of the molecule is O=C(O)c1cnn(COc2cccc(OCC(O)(O)C(F)(F)F)c2)c1. The minimum absolute atomic E-state index is 0.0323. The zero-order chi connectivity index (χ0) is 18.7. The lowest BCUT2D eigenvalue weighted by Gasteiger charge is -2.24. The van der Waals surface area contributed by atoms with E-state index in [0.29, 0.717) is 0 Å². The van der Waals surface area contributed by atoms with Crippen LogP contribution in [0.5, 0.6) is 11.5 Å². The predicted octanol–water partition coefficient (Wildman–Crippen LogP) is 1.24. The number of hydrogen-bond donors (Lipinski definition) is 3. The van der Waals surface area contributed by atoms with E-state index in [4.69, 9.17) is 24.8 Å². The Labute approximate surface area is 138 Å². The maximum absolute atomic E-state index is 12.3. The molecule has 11 heteroatoms. The summed E-state index contributed by atoms with van der Waals surface area (Å²) in [4.78, 5) is 10.7. The summed E-state index contributed by atoms with van der Waals surface area (Å²) in [7, 11) is 0. The molecule has 3 N–H and O–H groups in total. The summed E-state index contributed by atoms with van der Waals surface area (Å²) >= 11 is 0. The molecule has 25 heavy (non-hydrogen) atoms. The molecule has 0 fully saturated rings. The van der Waals surface area contributed by atoms with Gasteiger partial charge in [-0.2, -0.15) is 18.3 Å². The molecule has 0 saturated carbocycles. The quantitative estimate of drug-likeness (QED) is 0.635. The molecule has 1 aromatic carbocycles. The van der Waals surface area contributed by atoms with E-state index in [0.717, 1.165) is 6.20 Å². The van der Waals surface area contributed by atoms with Crippen LogP contribution in [-0.2, 0) is 6.73 Å². The van der Waals surface area contributed by atoms with Gasteiger partial charge in [0.1, 0.15) is 11.5 Å². The molecule has 1 aromatic heterocycles. The predicted molar refractivity (Wildman–Crippen MR) is 75.0 cm³/mol. The fourth-order valence-electron chi connectivity index (χ4n) is 1.60. The maximum Gasteiger partial charge on any atom is 0.446 e. The van der Waals surface area contributed by atoms with Crippen molar-refractivity contribution in [3.05, 3.63) is 42.2 Å². The molecule has 0 aliphatic heterocycles. The van der Waals surface area contributed by atoms with Crippen LogP contribution in [0.15, 0.2) is 36.7 Å². The zero-order valence-corrected chi connectivity index (χ0v) is 12.5. The van der Waals surface area contributed by atoms with Crippen molar-refractivity contribution in [2.75, 3.05) is 6.61 Å². The molecule has 0 unspecified atom stereocenters. The van der Waals surface area contributed by atoms with E-state index >= 15 is 0 Å². The Hall–Kier alpha value is -2.79. The molecule has 1 heterocycles. The second-order valence-electron chi connectivity index (χ2n) is 4.92. The Morgan fingerprint density at radius 3 is 2.40 bits per heavy atom. The molecule has 0 aliphatic carbocycles. The molecule has 0 aliphatic rings. The number of halogens is 3. The second kappa shape index (κ2) is 6.99. The van der Waals surface area contributed by atoms with Crippen LogP contribution in [0.4, 0.5) is 13.2 Å². The molecule has 2 aromatic rings. The average Bonchev–Trinajstić information content (AvgIpc) is 3.00. The van der Waals surface area contributed by atoms with Crippen LogP contribution in [0.3, 0.4) is 0 Å². The maximum atomic E-state index is 12.3. The number of carboxylic acids is 1. The van der Waals surface area contributed by atoms with Gasteiger partial charge in [0, 0.05) is 12.3 Å². The van der Waals surface area contributed by atoms with Gasteiger partial charge in [-0.25, -0.2) is 9.48 Å². The van der Waals surface area contributed by atoms with Crippen LogP contribution in [0.1, 0.15) is 10.4 Å². The molecule has 0 spiro atoms. The first-order valence-electron chi connectivity index (χ1n) is 6.71.